The first-order valence-corrected chi connectivity index (χ1v) is 8.53. The van der Waals surface area contributed by atoms with E-state index in [1.165, 1.54) is 0 Å². The molecule has 2 saturated heterocycles. The second kappa shape index (κ2) is 6.32. The SMILES string of the molecule is CC1CCCCN1S(=O)(=O)NC1CCCCNC1. The summed E-state index contributed by atoms with van der Waals surface area (Å²) >= 11 is 0. The van der Waals surface area contributed by atoms with Gasteiger partial charge in [-0.05, 0) is 39.2 Å². The minimum Gasteiger partial charge on any atom is -0.315 e. The van der Waals surface area contributed by atoms with Crippen molar-refractivity contribution in [3.8, 4) is 0 Å². The lowest BCUT2D eigenvalue weighted by Crippen LogP contribution is -2.52. The Hall–Kier alpha value is -0.170. The quantitative estimate of drug-likeness (QED) is 0.802. The third-order valence-corrected chi connectivity index (χ3v) is 5.70. The van der Waals surface area contributed by atoms with Gasteiger partial charge in [-0.1, -0.05) is 12.8 Å². The number of hydrogen-bond acceptors (Lipinski definition) is 3. The van der Waals surface area contributed by atoms with E-state index in [2.05, 4.69) is 10.0 Å². The zero-order valence-electron chi connectivity index (χ0n) is 11.2. The second-order valence-electron chi connectivity index (χ2n) is 5.48. The number of nitrogens with zero attached hydrogens (tertiary/aromatic N) is 1. The molecule has 0 spiro atoms. The van der Waals surface area contributed by atoms with Crippen LogP contribution in [0.1, 0.15) is 45.4 Å². The van der Waals surface area contributed by atoms with E-state index >= 15 is 0 Å². The van der Waals surface area contributed by atoms with E-state index < -0.39 is 10.2 Å². The van der Waals surface area contributed by atoms with Gasteiger partial charge in [0.2, 0.25) is 0 Å². The van der Waals surface area contributed by atoms with E-state index in [9.17, 15) is 8.42 Å². The Labute approximate surface area is 110 Å². The molecular weight excluding hydrogens is 250 g/mol. The van der Waals surface area contributed by atoms with Gasteiger partial charge in [-0.3, -0.25) is 0 Å². The van der Waals surface area contributed by atoms with Crippen molar-refractivity contribution in [3.63, 3.8) is 0 Å². The van der Waals surface area contributed by atoms with Gasteiger partial charge in [0.25, 0.3) is 10.2 Å². The van der Waals surface area contributed by atoms with Crippen LogP contribution in [0.4, 0.5) is 0 Å². The predicted octanol–water partition coefficient (Wildman–Crippen LogP) is 0.837. The van der Waals surface area contributed by atoms with Gasteiger partial charge in [0, 0.05) is 25.2 Å². The Kier molecular flexibility index (Phi) is 5.00. The maximum atomic E-state index is 12.4. The largest absolute Gasteiger partial charge is 0.315 e. The summed E-state index contributed by atoms with van der Waals surface area (Å²) in [4.78, 5) is 0. The van der Waals surface area contributed by atoms with Crippen LogP contribution in [0.25, 0.3) is 0 Å². The lowest BCUT2D eigenvalue weighted by atomic mass is 10.1. The highest BCUT2D eigenvalue weighted by molar-refractivity contribution is 7.87. The van der Waals surface area contributed by atoms with Crippen molar-refractivity contribution in [2.24, 2.45) is 0 Å². The minimum atomic E-state index is -3.31. The van der Waals surface area contributed by atoms with Gasteiger partial charge in [-0.2, -0.15) is 17.4 Å². The molecule has 0 aromatic carbocycles. The van der Waals surface area contributed by atoms with Crippen LogP contribution in [0, 0.1) is 0 Å². The molecule has 0 aliphatic carbocycles. The van der Waals surface area contributed by atoms with Crippen molar-refractivity contribution in [2.75, 3.05) is 19.6 Å². The van der Waals surface area contributed by atoms with E-state index in [-0.39, 0.29) is 12.1 Å². The normalized spacial score (nSPS) is 32.1. The maximum absolute atomic E-state index is 12.4. The second-order valence-corrected chi connectivity index (χ2v) is 7.13. The van der Waals surface area contributed by atoms with E-state index in [1.807, 2.05) is 6.92 Å². The zero-order chi connectivity index (χ0) is 13.0. The first kappa shape index (κ1) is 14.2. The molecule has 0 bridgehead atoms. The van der Waals surface area contributed by atoms with E-state index in [4.69, 9.17) is 0 Å². The molecule has 0 radical (unpaired) electrons. The molecule has 0 saturated carbocycles. The molecule has 106 valence electrons. The first-order valence-electron chi connectivity index (χ1n) is 7.09. The molecule has 2 aliphatic heterocycles. The molecule has 2 heterocycles. The molecule has 0 amide bonds. The molecule has 2 rings (SSSR count). The Morgan fingerprint density at radius 3 is 2.72 bits per heavy atom. The van der Waals surface area contributed by atoms with E-state index in [0.717, 1.165) is 51.6 Å². The van der Waals surface area contributed by atoms with Gasteiger partial charge in [-0.25, -0.2) is 0 Å². The van der Waals surface area contributed by atoms with E-state index in [1.54, 1.807) is 4.31 Å². The summed E-state index contributed by atoms with van der Waals surface area (Å²) in [7, 11) is -3.31. The van der Waals surface area contributed by atoms with Gasteiger partial charge in [0.1, 0.15) is 0 Å². The number of rotatable bonds is 3. The molecule has 2 atom stereocenters. The van der Waals surface area contributed by atoms with Crippen molar-refractivity contribution in [1.82, 2.24) is 14.3 Å². The fourth-order valence-electron chi connectivity index (χ4n) is 2.83. The van der Waals surface area contributed by atoms with Gasteiger partial charge in [0.15, 0.2) is 0 Å². The minimum absolute atomic E-state index is 0.0478. The van der Waals surface area contributed by atoms with Crippen LogP contribution >= 0.6 is 0 Å². The van der Waals surface area contributed by atoms with Crippen molar-refractivity contribution in [3.05, 3.63) is 0 Å². The molecule has 5 nitrogen and oxygen atoms in total. The van der Waals surface area contributed by atoms with Crippen molar-refractivity contribution >= 4 is 10.2 Å². The summed E-state index contributed by atoms with van der Waals surface area (Å²) in [5.74, 6) is 0. The molecule has 2 unspecified atom stereocenters. The van der Waals surface area contributed by atoms with Gasteiger partial charge < -0.3 is 5.32 Å². The molecule has 0 aromatic rings. The smallest absolute Gasteiger partial charge is 0.279 e. The predicted molar refractivity (Wildman–Crippen MR) is 72.6 cm³/mol. The van der Waals surface area contributed by atoms with Crippen LogP contribution in [0.5, 0.6) is 0 Å². The van der Waals surface area contributed by atoms with Crippen molar-refractivity contribution in [1.29, 1.82) is 0 Å². The topological polar surface area (TPSA) is 61.4 Å². The molecular formula is C12H25N3O2S. The fourth-order valence-corrected chi connectivity index (χ4v) is 4.53. The summed E-state index contributed by atoms with van der Waals surface area (Å²) in [5, 5.41) is 3.29. The van der Waals surface area contributed by atoms with E-state index in [0.29, 0.717) is 6.54 Å². The third-order valence-electron chi connectivity index (χ3n) is 3.91. The average Bonchev–Trinajstić information content (AvgIpc) is 2.57. The first-order chi connectivity index (χ1) is 8.59. The fraction of sp³-hybridized carbons (Fsp3) is 1.00. The highest BCUT2D eigenvalue weighted by atomic mass is 32.2. The lowest BCUT2D eigenvalue weighted by Gasteiger charge is -2.33. The summed E-state index contributed by atoms with van der Waals surface area (Å²) in [6, 6.07) is 0.182. The third kappa shape index (κ3) is 3.66. The van der Waals surface area contributed by atoms with Crippen LogP contribution in [-0.2, 0) is 10.2 Å². The van der Waals surface area contributed by atoms with Crippen LogP contribution in [0.2, 0.25) is 0 Å². The van der Waals surface area contributed by atoms with Gasteiger partial charge >= 0.3 is 0 Å². The number of nitrogens with one attached hydrogen (secondary N) is 2. The molecule has 6 heteroatoms. The highest BCUT2D eigenvalue weighted by Gasteiger charge is 2.31. The molecule has 2 aliphatic rings. The lowest BCUT2D eigenvalue weighted by molar-refractivity contribution is 0.263. The summed E-state index contributed by atoms with van der Waals surface area (Å²) in [6.45, 7) is 4.42. The Morgan fingerprint density at radius 1 is 1.17 bits per heavy atom. The van der Waals surface area contributed by atoms with Crippen LogP contribution in [-0.4, -0.2) is 44.4 Å². The molecule has 18 heavy (non-hydrogen) atoms. The summed E-state index contributed by atoms with van der Waals surface area (Å²) < 4.78 is 29.2. The van der Waals surface area contributed by atoms with Crippen LogP contribution in [0.15, 0.2) is 0 Å². The summed E-state index contributed by atoms with van der Waals surface area (Å²) in [6.07, 6.45) is 6.26. The highest BCUT2D eigenvalue weighted by Crippen LogP contribution is 2.19. The monoisotopic (exact) mass is 275 g/mol. The Bertz CT molecular complexity index is 350. The van der Waals surface area contributed by atoms with Crippen molar-refractivity contribution in [2.45, 2.75) is 57.5 Å². The Morgan fingerprint density at radius 2 is 1.94 bits per heavy atom. The van der Waals surface area contributed by atoms with Crippen LogP contribution < -0.4 is 10.0 Å². The molecule has 0 aromatic heterocycles. The molecule has 2 N–H and O–H groups in total. The van der Waals surface area contributed by atoms with Crippen LogP contribution in [0.3, 0.4) is 0 Å². The van der Waals surface area contributed by atoms with Gasteiger partial charge in [0.05, 0.1) is 0 Å². The standard InChI is InChI=1S/C12H25N3O2S/c1-11-6-3-5-9-15(11)18(16,17)14-12-7-2-4-8-13-10-12/h11-14H,2-10H2,1H3. The van der Waals surface area contributed by atoms with Gasteiger partial charge in [-0.15, -0.1) is 0 Å². The number of piperidine rings is 1. The number of hydrogen-bond donors (Lipinski definition) is 2. The average molecular weight is 275 g/mol. The van der Waals surface area contributed by atoms with Crippen molar-refractivity contribution < 1.29 is 8.42 Å². The zero-order valence-corrected chi connectivity index (χ0v) is 12.0. The Balaban J connectivity index is 1.96. The summed E-state index contributed by atoms with van der Waals surface area (Å²) in [5.41, 5.74) is 0. The molecule has 2 fully saturated rings. The maximum Gasteiger partial charge on any atom is 0.279 e.